The molecule has 0 saturated heterocycles. The minimum Gasteiger partial charge on any atom is -0.252 e. The van der Waals surface area contributed by atoms with Gasteiger partial charge in [0.05, 0.1) is 11.4 Å². The highest BCUT2D eigenvalue weighted by Gasteiger charge is 2.19. The molecule has 17 heavy (non-hydrogen) atoms. The van der Waals surface area contributed by atoms with Gasteiger partial charge in [-0.25, -0.2) is 0 Å². The van der Waals surface area contributed by atoms with Crippen molar-refractivity contribution in [2.75, 3.05) is 0 Å². The first-order valence-corrected chi connectivity index (χ1v) is 5.74. The lowest BCUT2D eigenvalue weighted by Crippen LogP contribution is -2.00. The average molecular weight is 218 g/mol. The van der Waals surface area contributed by atoms with Crippen molar-refractivity contribution < 1.29 is 0 Å². The zero-order chi connectivity index (χ0) is 11.2. The summed E-state index contributed by atoms with van der Waals surface area (Å²) in [6, 6.07) is 0. The van der Waals surface area contributed by atoms with Crippen LogP contribution in [0.15, 0.2) is 81.1 Å². The number of allylic oxidation sites excluding steroid dienone is 8. The van der Waals surface area contributed by atoms with E-state index in [1.54, 1.807) is 0 Å². The van der Waals surface area contributed by atoms with Crippen LogP contribution in [0.3, 0.4) is 0 Å². The van der Waals surface area contributed by atoms with Crippen LogP contribution in [0.1, 0.15) is 6.42 Å². The van der Waals surface area contributed by atoms with Gasteiger partial charge in [0.15, 0.2) is 0 Å². The molecule has 0 fully saturated rings. The first-order valence-electron chi connectivity index (χ1n) is 5.74. The zero-order valence-electron chi connectivity index (χ0n) is 9.22. The monoisotopic (exact) mass is 218 g/mol. The Balaban J connectivity index is 1.58. The van der Waals surface area contributed by atoms with E-state index in [1.165, 1.54) is 11.1 Å². The molecule has 0 atom stereocenters. The molecular formula is C15H10N2. The van der Waals surface area contributed by atoms with Crippen LogP contribution in [0.5, 0.6) is 0 Å². The van der Waals surface area contributed by atoms with E-state index >= 15 is 0 Å². The summed E-state index contributed by atoms with van der Waals surface area (Å²) < 4.78 is 0. The summed E-state index contributed by atoms with van der Waals surface area (Å²) in [5.74, 6) is 0. The highest BCUT2D eigenvalue weighted by Crippen LogP contribution is 2.29. The number of fused-ring (bicyclic) bond motifs is 2. The molecule has 0 radical (unpaired) electrons. The Morgan fingerprint density at radius 3 is 1.76 bits per heavy atom. The van der Waals surface area contributed by atoms with Crippen LogP contribution < -0.4 is 0 Å². The lowest BCUT2D eigenvalue weighted by molar-refractivity contribution is 1.38. The van der Waals surface area contributed by atoms with Gasteiger partial charge in [-0.15, -0.1) is 0 Å². The molecule has 0 aromatic rings. The molecule has 2 aliphatic carbocycles. The Morgan fingerprint density at radius 1 is 0.765 bits per heavy atom. The topological polar surface area (TPSA) is 24.7 Å². The van der Waals surface area contributed by atoms with Crippen LogP contribution in [0.4, 0.5) is 0 Å². The molecular weight excluding hydrogens is 208 g/mol. The second kappa shape index (κ2) is 3.14. The van der Waals surface area contributed by atoms with E-state index in [-0.39, 0.29) is 0 Å². The van der Waals surface area contributed by atoms with Crippen molar-refractivity contribution in [3.05, 3.63) is 71.1 Å². The fraction of sp³-hybridized carbons (Fsp3) is 0.0667. The van der Waals surface area contributed by atoms with E-state index in [0.717, 1.165) is 29.2 Å². The van der Waals surface area contributed by atoms with Crippen molar-refractivity contribution in [1.82, 2.24) is 0 Å². The van der Waals surface area contributed by atoms with Crippen molar-refractivity contribution in [2.24, 2.45) is 9.98 Å². The third-order valence-electron chi connectivity index (χ3n) is 3.19. The molecule has 0 saturated carbocycles. The number of hydrogen-bond donors (Lipinski definition) is 0. The lowest BCUT2D eigenvalue weighted by atomic mass is 10.1. The van der Waals surface area contributed by atoms with Crippen LogP contribution in [0.25, 0.3) is 0 Å². The largest absolute Gasteiger partial charge is 0.252 e. The summed E-state index contributed by atoms with van der Waals surface area (Å²) in [7, 11) is 0. The number of hydrogen-bond acceptors (Lipinski definition) is 2. The number of rotatable bonds is 2. The second-order valence-electron chi connectivity index (χ2n) is 4.40. The molecule has 0 spiro atoms. The van der Waals surface area contributed by atoms with Gasteiger partial charge in [-0.1, -0.05) is 24.3 Å². The van der Waals surface area contributed by atoms with Gasteiger partial charge in [0.1, 0.15) is 0 Å². The Morgan fingerprint density at radius 2 is 1.29 bits per heavy atom. The Hall–Kier alpha value is -2.22. The van der Waals surface area contributed by atoms with E-state index < -0.39 is 0 Å². The van der Waals surface area contributed by atoms with Crippen LogP contribution in [0, 0.1) is 0 Å². The molecule has 0 aromatic heterocycles. The highest BCUT2D eigenvalue weighted by molar-refractivity contribution is 6.17. The summed E-state index contributed by atoms with van der Waals surface area (Å²) in [4.78, 5) is 9.17. The molecule has 0 unspecified atom stereocenters. The Labute approximate surface area is 99.5 Å². The summed E-state index contributed by atoms with van der Waals surface area (Å²) >= 11 is 0. The van der Waals surface area contributed by atoms with Gasteiger partial charge in [-0.05, 0) is 24.3 Å². The van der Waals surface area contributed by atoms with Gasteiger partial charge in [0, 0.05) is 29.0 Å². The molecule has 4 rings (SSSR count). The maximum Gasteiger partial charge on any atom is 0.0706 e. The van der Waals surface area contributed by atoms with Crippen LogP contribution in [-0.4, -0.2) is 11.4 Å². The van der Waals surface area contributed by atoms with Gasteiger partial charge >= 0.3 is 0 Å². The fourth-order valence-electron chi connectivity index (χ4n) is 2.40. The molecule has 0 aromatic carbocycles. The van der Waals surface area contributed by atoms with Gasteiger partial charge in [0.2, 0.25) is 0 Å². The van der Waals surface area contributed by atoms with Crippen LogP contribution in [0.2, 0.25) is 0 Å². The minimum absolute atomic E-state index is 0.823. The summed E-state index contributed by atoms with van der Waals surface area (Å²) in [6.07, 6.45) is 17.5. The first-order chi connectivity index (χ1) is 8.38. The maximum absolute atomic E-state index is 4.58. The van der Waals surface area contributed by atoms with E-state index in [0.29, 0.717) is 0 Å². The van der Waals surface area contributed by atoms with Crippen molar-refractivity contribution >= 4 is 11.4 Å². The summed E-state index contributed by atoms with van der Waals surface area (Å²) in [5.41, 5.74) is 6.85. The van der Waals surface area contributed by atoms with Gasteiger partial charge in [-0.3, -0.25) is 9.98 Å². The van der Waals surface area contributed by atoms with Crippen LogP contribution in [-0.2, 0) is 0 Å². The predicted molar refractivity (Wildman–Crippen MR) is 70.1 cm³/mol. The third kappa shape index (κ3) is 1.34. The lowest BCUT2D eigenvalue weighted by Gasteiger charge is -1.95. The molecule has 2 aliphatic heterocycles. The van der Waals surface area contributed by atoms with Crippen LogP contribution >= 0.6 is 0 Å². The first kappa shape index (κ1) is 8.88. The van der Waals surface area contributed by atoms with E-state index in [2.05, 4.69) is 34.3 Å². The molecule has 0 N–H and O–H groups in total. The highest BCUT2D eigenvalue weighted by atomic mass is 14.8. The Kier molecular flexibility index (Phi) is 1.64. The molecule has 0 bridgehead atoms. The SMILES string of the molecule is C1=CC2=CC(CC3=NC4=CC=CC4=C3)=NC2=C1. The zero-order valence-corrected chi connectivity index (χ0v) is 9.22. The van der Waals surface area contributed by atoms with E-state index in [4.69, 9.17) is 0 Å². The van der Waals surface area contributed by atoms with E-state index in [1.807, 2.05) is 24.3 Å². The number of aliphatic imine (C=N–C) groups is 2. The smallest absolute Gasteiger partial charge is 0.0706 e. The normalized spacial score (nSPS) is 22.8. The van der Waals surface area contributed by atoms with Crippen molar-refractivity contribution in [1.29, 1.82) is 0 Å². The quantitative estimate of drug-likeness (QED) is 0.680. The van der Waals surface area contributed by atoms with Gasteiger partial charge < -0.3 is 0 Å². The van der Waals surface area contributed by atoms with Crippen molar-refractivity contribution in [3.8, 4) is 0 Å². The Bertz CT molecular complexity index is 601. The maximum atomic E-state index is 4.58. The average Bonchev–Trinajstić information content (AvgIpc) is 2.93. The molecule has 80 valence electrons. The second-order valence-corrected chi connectivity index (χ2v) is 4.40. The van der Waals surface area contributed by atoms with Crippen molar-refractivity contribution in [2.45, 2.75) is 6.42 Å². The summed E-state index contributed by atoms with van der Waals surface area (Å²) in [5, 5.41) is 0. The van der Waals surface area contributed by atoms with Crippen molar-refractivity contribution in [3.63, 3.8) is 0 Å². The minimum atomic E-state index is 0.823. The molecule has 4 aliphatic rings. The molecule has 2 heterocycles. The standard InChI is InChI=1S/C15H10N2/c1-3-10-7-12(16-14(10)5-1)9-13-8-11-4-2-6-15(11)17-13/h1-8H,9H2. The van der Waals surface area contributed by atoms with Gasteiger partial charge in [0.25, 0.3) is 0 Å². The third-order valence-corrected chi connectivity index (χ3v) is 3.19. The fourth-order valence-corrected chi connectivity index (χ4v) is 2.40. The van der Waals surface area contributed by atoms with Gasteiger partial charge in [-0.2, -0.15) is 0 Å². The predicted octanol–water partition coefficient (Wildman–Crippen LogP) is 3.05. The molecule has 2 nitrogen and oxygen atoms in total. The number of nitrogens with zero attached hydrogens (tertiary/aromatic N) is 2. The molecule has 0 amide bonds. The molecule has 2 heteroatoms. The van der Waals surface area contributed by atoms with E-state index in [9.17, 15) is 0 Å². The summed E-state index contributed by atoms with van der Waals surface area (Å²) in [6.45, 7) is 0.